The topological polar surface area (TPSA) is 58.6 Å². The number of nitrogens with one attached hydrogen (secondary N) is 1. The molecule has 0 saturated carbocycles. The van der Waals surface area contributed by atoms with Gasteiger partial charge in [-0.15, -0.1) is 0 Å². The van der Waals surface area contributed by atoms with Crippen molar-refractivity contribution in [2.24, 2.45) is 0 Å². The van der Waals surface area contributed by atoms with Crippen molar-refractivity contribution in [2.75, 3.05) is 25.5 Å². The zero-order chi connectivity index (χ0) is 19.9. The van der Waals surface area contributed by atoms with Crippen molar-refractivity contribution >= 4 is 17.6 Å². The largest absolute Gasteiger partial charge is 0.465 e. The zero-order valence-corrected chi connectivity index (χ0v) is 16.7. The van der Waals surface area contributed by atoms with Gasteiger partial charge in [0.1, 0.15) is 0 Å². The minimum absolute atomic E-state index is 0.118. The molecule has 148 valence electrons. The molecule has 1 N–H and O–H groups in total. The molecule has 0 unspecified atom stereocenters. The highest BCUT2D eigenvalue weighted by Crippen LogP contribution is 2.21. The number of hydrogen-bond donors (Lipinski definition) is 1. The molecule has 0 aromatic heterocycles. The van der Waals surface area contributed by atoms with E-state index in [1.807, 2.05) is 42.2 Å². The molecule has 5 heteroatoms. The fourth-order valence-electron chi connectivity index (χ4n) is 3.48. The summed E-state index contributed by atoms with van der Waals surface area (Å²) in [5.41, 5.74) is 4.37. The molecular formula is C23H28N2O3. The van der Waals surface area contributed by atoms with Crippen LogP contribution in [-0.2, 0) is 11.3 Å². The van der Waals surface area contributed by atoms with Gasteiger partial charge in [-0.2, -0.15) is 0 Å². The number of ether oxygens (including phenoxy) is 1. The molecule has 0 bridgehead atoms. The molecule has 1 fully saturated rings. The van der Waals surface area contributed by atoms with E-state index in [9.17, 15) is 9.59 Å². The Bertz CT molecular complexity index is 822. The number of rotatable bonds is 5. The number of anilines is 1. The number of methoxy groups -OCH3 is 1. The van der Waals surface area contributed by atoms with Crippen LogP contribution in [0.25, 0.3) is 0 Å². The summed E-state index contributed by atoms with van der Waals surface area (Å²) in [4.78, 5) is 26.4. The summed E-state index contributed by atoms with van der Waals surface area (Å²) in [6.07, 6.45) is 4.59. The van der Waals surface area contributed by atoms with Crippen LogP contribution in [0.2, 0.25) is 0 Å². The normalized spacial score (nSPS) is 14.3. The molecule has 2 aromatic carbocycles. The van der Waals surface area contributed by atoms with E-state index in [1.165, 1.54) is 20.0 Å². The first-order valence-corrected chi connectivity index (χ1v) is 9.89. The van der Waals surface area contributed by atoms with E-state index in [-0.39, 0.29) is 11.9 Å². The SMILES string of the molecule is COC(=O)c1ccc(CNc2cc(C(=O)N3CCCCCC3)ccc2C)cc1. The molecule has 1 heterocycles. The van der Waals surface area contributed by atoms with E-state index >= 15 is 0 Å². The second-order valence-electron chi connectivity index (χ2n) is 7.28. The fraction of sp³-hybridized carbons (Fsp3) is 0.391. The third-order valence-electron chi connectivity index (χ3n) is 5.24. The van der Waals surface area contributed by atoms with Gasteiger partial charge in [-0.05, 0) is 55.2 Å². The number of benzene rings is 2. The number of hydrogen-bond acceptors (Lipinski definition) is 4. The minimum atomic E-state index is -0.338. The number of carbonyl (C=O) groups excluding carboxylic acids is 2. The standard InChI is InChI=1S/C23H28N2O3/c1-17-7-10-20(22(26)25-13-5-3-4-6-14-25)15-21(17)24-16-18-8-11-19(12-9-18)23(27)28-2/h7-12,15,24H,3-6,13-14,16H2,1-2H3. The minimum Gasteiger partial charge on any atom is -0.465 e. The van der Waals surface area contributed by atoms with Crippen LogP contribution in [0.15, 0.2) is 42.5 Å². The van der Waals surface area contributed by atoms with Gasteiger partial charge in [0.15, 0.2) is 0 Å². The van der Waals surface area contributed by atoms with Gasteiger partial charge in [0.05, 0.1) is 12.7 Å². The summed E-state index contributed by atoms with van der Waals surface area (Å²) in [5, 5.41) is 3.42. The predicted octanol–water partition coefficient (Wildman–Crippen LogP) is 4.41. The molecule has 3 rings (SSSR count). The molecule has 0 radical (unpaired) electrons. The van der Waals surface area contributed by atoms with Gasteiger partial charge in [0.25, 0.3) is 5.91 Å². The van der Waals surface area contributed by atoms with E-state index < -0.39 is 0 Å². The van der Waals surface area contributed by atoms with Crippen LogP contribution < -0.4 is 5.32 Å². The van der Waals surface area contributed by atoms with Gasteiger partial charge < -0.3 is 15.0 Å². The van der Waals surface area contributed by atoms with Crippen molar-refractivity contribution < 1.29 is 14.3 Å². The predicted molar refractivity (Wildman–Crippen MR) is 111 cm³/mol. The monoisotopic (exact) mass is 380 g/mol. The summed E-state index contributed by atoms with van der Waals surface area (Å²) in [7, 11) is 1.38. The Morgan fingerprint density at radius 2 is 1.61 bits per heavy atom. The second kappa shape index (κ2) is 9.40. The lowest BCUT2D eigenvalue weighted by molar-refractivity contribution is 0.0600. The second-order valence-corrected chi connectivity index (χ2v) is 7.28. The summed E-state index contributed by atoms with van der Waals surface area (Å²) in [6, 6.07) is 13.2. The summed E-state index contributed by atoms with van der Waals surface area (Å²) in [5.74, 6) is -0.220. The Kier molecular flexibility index (Phi) is 6.69. The molecule has 0 aliphatic carbocycles. The van der Waals surface area contributed by atoms with Gasteiger partial charge in [0, 0.05) is 30.9 Å². The molecule has 5 nitrogen and oxygen atoms in total. The Hall–Kier alpha value is -2.82. The van der Waals surface area contributed by atoms with Crippen molar-refractivity contribution in [3.05, 3.63) is 64.7 Å². The third kappa shape index (κ3) is 4.91. The lowest BCUT2D eigenvalue weighted by Gasteiger charge is -2.21. The summed E-state index contributed by atoms with van der Waals surface area (Å²) in [6.45, 7) is 4.34. The summed E-state index contributed by atoms with van der Waals surface area (Å²) >= 11 is 0. The van der Waals surface area contributed by atoms with E-state index in [1.54, 1.807) is 12.1 Å². The van der Waals surface area contributed by atoms with Crippen LogP contribution in [0, 0.1) is 6.92 Å². The average Bonchev–Trinajstić information content (AvgIpc) is 3.02. The molecule has 0 atom stereocenters. The first-order chi connectivity index (χ1) is 13.6. The van der Waals surface area contributed by atoms with Crippen LogP contribution in [-0.4, -0.2) is 37.0 Å². The summed E-state index contributed by atoms with van der Waals surface area (Å²) < 4.78 is 4.72. The average molecular weight is 380 g/mol. The molecule has 1 saturated heterocycles. The Morgan fingerprint density at radius 1 is 0.964 bits per heavy atom. The first-order valence-electron chi connectivity index (χ1n) is 9.89. The lowest BCUT2D eigenvalue weighted by atomic mass is 10.1. The maximum atomic E-state index is 12.9. The van der Waals surface area contributed by atoms with Crippen molar-refractivity contribution in [2.45, 2.75) is 39.2 Å². The molecule has 1 aliphatic rings. The highest BCUT2D eigenvalue weighted by molar-refractivity contribution is 5.95. The van der Waals surface area contributed by atoms with Crippen molar-refractivity contribution in [3.8, 4) is 0 Å². The van der Waals surface area contributed by atoms with Crippen LogP contribution in [0.5, 0.6) is 0 Å². The Balaban J connectivity index is 1.67. The number of amides is 1. The lowest BCUT2D eigenvalue weighted by Crippen LogP contribution is -2.31. The maximum absolute atomic E-state index is 12.9. The van der Waals surface area contributed by atoms with Gasteiger partial charge in [-0.3, -0.25) is 4.79 Å². The van der Waals surface area contributed by atoms with Crippen LogP contribution >= 0.6 is 0 Å². The number of nitrogens with zero attached hydrogens (tertiary/aromatic N) is 1. The van der Waals surface area contributed by atoms with Crippen LogP contribution in [0.3, 0.4) is 0 Å². The molecule has 2 aromatic rings. The smallest absolute Gasteiger partial charge is 0.337 e. The van der Waals surface area contributed by atoms with Crippen molar-refractivity contribution in [1.82, 2.24) is 4.90 Å². The Labute approximate surface area is 166 Å². The number of likely N-dealkylation sites (tertiary alicyclic amines) is 1. The highest BCUT2D eigenvalue weighted by Gasteiger charge is 2.18. The Morgan fingerprint density at radius 3 is 2.25 bits per heavy atom. The van der Waals surface area contributed by atoms with E-state index in [4.69, 9.17) is 4.74 Å². The maximum Gasteiger partial charge on any atom is 0.337 e. The number of aryl methyl sites for hydroxylation is 1. The number of carbonyl (C=O) groups is 2. The van der Waals surface area contributed by atoms with Crippen LogP contribution in [0.4, 0.5) is 5.69 Å². The highest BCUT2D eigenvalue weighted by atomic mass is 16.5. The van der Waals surface area contributed by atoms with E-state index in [2.05, 4.69) is 5.32 Å². The first kappa shape index (κ1) is 19.9. The van der Waals surface area contributed by atoms with Gasteiger partial charge in [-0.1, -0.05) is 31.0 Å². The zero-order valence-electron chi connectivity index (χ0n) is 16.7. The van der Waals surface area contributed by atoms with Gasteiger partial charge in [-0.25, -0.2) is 4.79 Å². The fourth-order valence-corrected chi connectivity index (χ4v) is 3.48. The van der Waals surface area contributed by atoms with Crippen molar-refractivity contribution in [3.63, 3.8) is 0 Å². The van der Waals surface area contributed by atoms with E-state index in [0.717, 1.165) is 48.3 Å². The quantitative estimate of drug-likeness (QED) is 0.781. The van der Waals surface area contributed by atoms with E-state index in [0.29, 0.717) is 12.1 Å². The van der Waals surface area contributed by atoms with Gasteiger partial charge >= 0.3 is 5.97 Å². The van der Waals surface area contributed by atoms with Crippen molar-refractivity contribution in [1.29, 1.82) is 0 Å². The van der Waals surface area contributed by atoms with Gasteiger partial charge in [0.2, 0.25) is 0 Å². The van der Waals surface area contributed by atoms with Crippen LogP contribution in [0.1, 0.15) is 57.5 Å². The molecule has 28 heavy (non-hydrogen) atoms. The molecule has 1 aliphatic heterocycles. The molecule has 0 spiro atoms. The molecular weight excluding hydrogens is 352 g/mol. The number of esters is 1. The third-order valence-corrected chi connectivity index (χ3v) is 5.24. The molecule has 1 amide bonds.